The van der Waals surface area contributed by atoms with Crippen molar-refractivity contribution in [2.24, 2.45) is 71.0 Å². The molecule has 7 rings (SSSR count). The normalized spacial score (nSPS) is 38.3. The van der Waals surface area contributed by atoms with Gasteiger partial charge in [0.05, 0.1) is 0 Å². The van der Waals surface area contributed by atoms with Crippen molar-refractivity contribution in [1.82, 2.24) is 0 Å². The van der Waals surface area contributed by atoms with Crippen LogP contribution >= 0.6 is 0 Å². The van der Waals surface area contributed by atoms with Crippen molar-refractivity contribution in [2.75, 3.05) is 0 Å². The first kappa shape index (κ1) is 41.2. The van der Waals surface area contributed by atoms with Crippen molar-refractivity contribution in [3.05, 3.63) is 0 Å². The minimum atomic E-state index is 1.00. The van der Waals surface area contributed by atoms with E-state index in [4.69, 9.17) is 0 Å². The SMILES string of the molecule is C1CCC(CC2CCCCC2)CC1.CC1CCCC(CC2CCC(CC3CCCCC3C)C(C)C2)C1.CC1CCCCC1CC1CCCCC1. The van der Waals surface area contributed by atoms with Crippen molar-refractivity contribution in [2.45, 2.75) is 246 Å². The average molecular weight is 693 g/mol. The summed E-state index contributed by atoms with van der Waals surface area (Å²) >= 11 is 0. The Balaban J connectivity index is 0.000000155. The molecule has 0 aromatic carbocycles. The van der Waals surface area contributed by atoms with Crippen molar-refractivity contribution in [3.63, 3.8) is 0 Å². The standard InChI is InChI=1S/C23H42.C14H26.C13H24/c1-17-7-6-9-20(13-17)15-21-11-12-23(19(3)14-21)16-22-10-5-4-8-18(22)2;1-12-7-5-6-10-14(12)11-13-8-3-2-4-9-13;1-3-7-12(8-4-1)11-13-9-5-2-6-10-13/h17-23H,4-16H2,1-3H3;12-14H,2-11H2,1H3;12-13H,1-11H2. The Morgan fingerprint density at radius 2 is 0.660 bits per heavy atom. The molecule has 50 heavy (non-hydrogen) atoms. The summed E-state index contributed by atoms with van der Waals surface area (Å²) in [6.07, 6.45) is 52.1. The summed E-state index contributed by atoms with van der Waals surface area (Å²) in [5, 5.41) is 0. The van der Waals surface area contributed by atoms with Crippen LogP contribution in [0, 0.1) is 71.0 Å². The molecule has 0 nitrogen and oxygen atoms in total. The molecule has 0 aromatic rings. The fourth-order valence-electron chi connectivity index (χ4n) is 13.4. The largest absolute Gasteiger partial charge is 0.0625 e. The van der Waals surface area contributed by atoms with E-state index < -0.39 is 0 Å². The molecule has 9 atom stereocenters. The lowest BCUT2D eigenvalue weighted by atomic mass is 9.66. The van der Waals surface area contributed by atoms with Crippen LogP contribution < -0.4 is 0 Å². The second-order valence-corrected chi connectivity index (χ2v) is 21.1. The first-order valence-corrected chi connectivity index (χ1v) is 24.4. The van der Waals surface area contributed by atoms with Crippen molar-refractivity contribution in [1.29, 1.82) is 0 Å². The summed E-state index contributed by atoms with van der Waals surface area (Å²) in [5.41, 5.74) is 0. The molecule has 0 aromatic heterocycles. The van der Waals surface area contributed by atoms with Crippen LogP contribution in [0.4, 0.5) is 0 Å². The van der Waals surface area contributed by atoms with E-state index in [1.54, 1.807) is 83.5 Å². The van der Waals surface area contributed by atoms with E-state index >= 15 is 0 Å². The van der Waals surface area contributed by atoms with E-state index in [0.29, 0.717) is 0 Å². The number of hydrogen-bond acceptors (Lipinski definition) is 0. The molecule has 7 aliphatic rings. The van der Waals surface area contributed by atoms with Gasteiger partial charge in [-0.25, -0.2) is 0 Å². The molecule has 0 amide bonds. The minimum absolute atomic E-state index is 1.00. The predicted molar refractivity (Wildman–Crippen MR) is 222 cm³/mol. The molecule has 0 bridgehead atoms. The maximum Gasteiger partial charge on any atom is -0.0386 e. The molecule has 0 heterocycles. The van der Waals surface area contributed by atoms with Crippen LogP contribution in [0.25, 0.3) is 0 Å². The van der Waals surface area contributed by atoms with Gasteiger partial charge in [-0.1, -0.05) is 201 Å². The second kappa shape index (κ2) is 23.0. The van der Waals surface area contributed by atoms with E-state index in [2.05, 4.69) is 27.7 Å². The first-order chi connectivity index (χ1) is 24.4. The molecule has 0 heteroatoms. The highest BCUT2D eigenvalue weighted by Gasteiger charge is 2.33. The molecule has 0 aliphatic heterocycles. The van der Waals surface area contributed by atoms with Crippen LogP contribution in [-0.4, -0.2) is 0 Å². The third-order valence-electron chi connectivity index (χ3n) is 16.8. The molecular weight excluding hydrogens is 601 g/mol. The summed E-state index contributed by atoms with van der Waals surface area (Å²) in [4.78, 5) is 0. The smallest absolute Gasteiger partial charge is 0.0386 e. The van der Waals surface area contributed by atoms with Crippen LogP contribution in [0.15, 0.2) is 0 Å². The van der Waals surface area contributed by atoms with Gasteiger partial charge in [0.25, 0.3) is 0 Å². The minimum Gasteiger partial charge on any atom is -0.0625 e. The van der Waals surface area contributed by atoms with Crippen LogP contribution in [0.1, 0.15) is 246 Å². The van der Waals surface area contributed by atoms with Gasteiger partial charge in [0, 0.05) is 0 Å². The number of rotatable bonds is 8. The van der Waals surface area contributed by atoms with Gasteiger partial charge in [0.2, 0.25) is 0 Å². The van der Waals surface area contributed by atoms with E-state index in [9.17, 15) is 0 Å². The maximum atomic E-state index is 2.59. The van der Waals surface area contributed by atoms with Crippen molar-refractivity contribution < 1.29 is 0 Å². The molecule has 7 saturated carbocycles. The van der Waals surface area contributed by atoms with Gasteiger partial charge in [-0.05, 0) is 116 Å². The summed E-state index contributed by atoms with van der Waals surface area (Å²) in [6, 6.07) is 0. The quantitative estimate of drug-likeness (QED) is 0.237. The van der Waals surface area contributed by atoms with E-state index in [1.807, 2.05) is 0 Å². The monoisotopic (exact) mass is 693 g/mol. The lowest BCUT2D eigenvalue weighted by molar-refractivity contribution is 0.112. The second-order valence-electron chi connectivity index (χ2n) is 21.1. The van der Waals surface area contributed by atoms with Crippen LogP contribution in [-0.2, 0) is 0 Å². The van der Waals surface area contributed by atoms with Gasteiger partial charge in [0.15, 0.2) is 0 Å². The van der Waals surface area contributed by atoms with Crippen molar-refractivity contribution in [3.8, 4) is 0 Å². The maximum absolute atomic E-state index is 2.59. The average Bonchev–Trinajstić information content (AvgIpc) is 3.13. The molecular formula is C50H92. The molecule has 0 spiro atoms. The van der Waals surface area contributed by atoms with Crippen LogP contribution in [0.5, 0.6) is 0 Å². The summed E-state index contributed by atoms with van der Waals surface area (Å²) in [7, 11) is 0. The van der Waals surface area contributed by atoms with Gasteiger partial charge in [-0.2, -0.15) is 0 Å². The Labute approximate surface area is 316 Å². The highest BCUT2D eigenvalue weighted by molar-refractivity contribution is 4.84. The molecule has 292 valence electrons. The Bertz CT molecular complexity index is 824. The highest BCUT2D eigenvalue weighted by atomic mass is 14.4. The van der Waals surface area contributed by atoms with Crippen LogP contribution in [0.2, 0.25) is 0 Å². The summed E-state index contributed by atoms with van der Waals surface area (Å²) in [6.45, 7) is 10.1. The summed E-state index contributed by atoms with van der Waals surface area (Å²) in [5.74, 6) is 12.8. The van der Waals surface area contributed by atoms with Gasteiger partial charge in [-0.3, -0.25) is 0 Å². The molecule has 0 radical (unpaired) electrons. The topological polar surface area (TPSA) is 0 Å². The lowest BCUT2D eigenvalue weighted by Gasteiger charge is -2.40. The molecule has 9 unspecified atom stereocenters. The third kappa shape index (κ3) is 14.7. The van der Waals surface area contributed by atoms with Gasteiger partial charge < -0.3 is 0 Å². The van der Waals surface area contributed by atoms with E-state index in [1.165, 1.54) is 135 Å². The first-order valence-electron chi connectivity index (χ1n) is 24.4. The zero-order valence-electron chi connectivity index (χ0n) is 35.0. The van der Waals surface area contributed by atoms with Crippen LogP contribution in [0.3, 0.4) is 0 Å². The molecule has 7 aliphatic carbocycles. The third-order valence-corrected chi connectivity index (χ3v) is 16.8. The fraction of sp³-hybridized carbons (Fsp3) is 1.00. The Kier molecular flexibility index (Phi) is 19.0. The predicted octanol–water partition coefficient (Wildman–Crippen LogP) is 16.8. The molecule has 0 saturated heterocycles. The van der Waals surface area contributed by atoms with Gasteiger partial charge in [0.1, 0.15) is 0 Å². The van der Waals surface area contributed by atoms with Gasteiger partial charge in [-0.15, -0.1) is 0 Å². The van der Waals surface area contributed by atoms with Gasteiger partial charge >= 0.3 is 0 Å². The lowest BCUT2D eigenvalue weighted by Crippen LogP contribution is -2.29. The molecule has 0 N–H and O–H groups in total. The fourth-order valence-corrected chi connectivity index (χ4v) is 13.4. The Morgan fingerprint density at radius 1 is 0.260 bits per heavy atom. The zero-order valence-corrected chi connectivity index (χ0v) is 35.0. The van der Waals surface area contributed by atoms with E-state index in [-0.39, 0.29) is 0 Å². The number of hydrogen-bond donors (Lipinski definition) is 0. The Morgan fingerprint density at radius 3 is 1.16 bits per heavy atom. The zero-order chi connectivity index (χ0) is 35.0. The molecule has 7 fully saturated rings. The van der Waals surface area contributed by atoms with Crippen molar-refractivity contribution >= 4 is 0 Å². The summed E-state index contributed by atoms with van der Waals surface area (Å²) < 4.78 is 0. The van der Waals surface area contributed by atoms with E-state index in [0.717, 1.165) is 71.0 Å². The highest BCUT2D eigenvalue weighted by Crippen LogP contribution is 2.45. The Hall–Kier alpha value is 0.